The number of hydrogen-bond donors (Lipinski definition) is 1. The standard InChI is InChI=1S/C12H14N4OS/c1-16(2)12(17)10-5-6-11(15-14-10)13-8-9-4-3-7-18-9/h3-7H,8H2,1-2H3,(H,13,15). The van der Waals surface area contributed by atoms with Crippen LogP contribution in [0.5, 0.6) is 0 Å². The summed E-state index contributed by atoms with van der Waals surface area (Å²) in [7, 11) is 3.37. The van der Waals surface area contributed by atoms with E-state index >= 15 is 0 Å². The number of carbonyl (C=O) groups excluding carboxylic acids is 1. The molecular formula is C12H14N4OS. The van der Waals surface area contributed by atoms with Gasteiger partial charge in [-0.2, -0.15) is 0 Å². The van der Waals surface area contributed by atoms with Crippen LogP contribution in [0.2, 0.25) is 0 Å². The molecule has 2 aromatic heterocycles. The maximum Gasteiger partial charge on any atom is 0.273 e. The topological polar surface area (TPSA) is 58.1 Å². The number of thiophene rings is 1. The summed E-state index contributed by atoms with van der Waals surface area (Å²) in [5, 5.41) is 13.1. The van der Waals surface area contributed by atoms with Crippen molar-refractivity contribution in [3.05, 3.63) is 40.2 Å². The van der Waals surface area contributed by atoms with Crippen molar-refractivity contribution < 1.29 is 4.79 Å². The number of hydrogen-bond acceptors (Lipinski definition) is 5. The molecular weight excluding hydrogens is 248 g/mol. The zero-order chi connectivity index (χ0) is 13.0. The van der Waals surface area contributed by atoms with E-state index in [1.807, 2.05) is 11.4 Å². The molecule has 6 heteroatoms. The predicted octanol–water partition coefficient (Wildman–Crippen LogP) is 1.85. The van der Waals surface area contributed by atoms with Gasteiger partial charge in [0.25, 0.3) is 5.91 Å². The van der Waals surface area contributed by atoms with Gasteiger partial charge in [-0.15, -0.1) is 21.5 Å². The summed E-state index contributed by atoms with van der Waals surface area (Å²) in [5.41, 5.74) is 0.349. The molecule has 0 fully saturated rings. The smallest absolute Gasteiger partial charge is 0.273 e. The van der Waals surface area contributed by atoms with E-state index in [9.17, 15) is 4.79 Å². The molecule has 0 spiro atoms. The van der Waals surface area contributed by atoms with Crippen molar-refractivity contribution in [2.75, 3.05) is 19.4 Å². The minimum Gasteiger partial charge on any atom is -0.364 e. The maximum atomic E-state index is 11.6. The number of rotatable bonds is 4. The summed E-state index contributed by atoms with van der Waals surface area (Å²) < 4.78 is 0. The highest BCUT2D eigenvalue weighted by Gasteiger charge is 2.09. The largest absolute Gasteiger partial charge is 0.364 e. The third-order valence-electron chi connectivity index (χ3n) is 2.31. The van der Waals surface area contributed by atoms with Crippen LogP contribution in [0.15, 0.2) is 29.6 Å². The van der Waals surface area contributed by atoms with Gasteiger partial charge in [-0.1, -0.05) is 6.07 Å². The quantitative estimate of drug-likeness (QED) is 0.913. The van der Waals surface area contributed by atoms with Crippen LogP contribution in [0, 0.1) is 0 Å². The fourth-order valence-corrected chi connectivity index (χ4v) is 2.01. The average Bonchev–Trinajstić information content (AvgIpc) is 2.89. The van der Waals surface area contributed by atoms with Gasteiger partial charge in [-0.3, -0.25) is 4.79 Å². The molecule has 2 aromatic rings. The third kappa shape index (κ3) is 3.04. The molecule has 1 amide bonds. The Balaban J connectivity index is 1.97. The number of aromatic nitrogens is 2. The molecule has 0 atom stereocenters. The van der Waals surface area contributed by atoms with Crippen LogP contribution < -0.4 is 5.32 Å². The van der Waals surface area contributed by atoms with E-state index in [4.69, 9.17) is 0 Å². The van der Waals surface area contributed by atoms with Crippen molar-refractivity contribution in [2.45, 2.75) is 6.54 Å². The second-order valence-electron chi connectivity index (χ2n) is 3.94. The predicted molar refractivity (Wildman–Crippen MR) is 71.7 cm³/mol. The van der Waals surface area contributed by atoms with Gasteiger partial charge in [0.2, 0.25) is 0 Å². The van der Waals surface area contributed by atoms with Crippen molar-refractivity contribution in [1.82, 2.24) is 15.1 Å². The first kappa shape index (κ1) is 12.5. The molecule has 0 bridgehead atoms. The summed E-state index contributed by atoms with van der Waals surface area (Å²) in [6.07, 6.45) is 0. The Morgan fingerprint density at radius 2 is 2.17 bits per heavy atom. The lowest BCUT2D eigenvalue weighted by Gasteiger charge is -2.09. The molecule has 0 aliphatic heterocycles. The summed E-state index contributed by atoms with van der Waals surface area (Å²) in [4.78, 5) is 14.3. The molecule has 0 saturated heterocycles. The summed E-state index contributed by atoms with van der Waals surface area (Å²) in [5.74, 6) is 0.519. The van der Waals surface area contributed by atoms with E-state index in [0.29, 0.717) is 18.1 Å². The van der Waals surface area contributed by atoms with Crippen LogP contribution >= 0.6 is 11.3 Å². The first-order chi connectivity index (χ1) is 8.66. The number of amides is 1. The summed E-state index contributed by atoms with van der Waals surface area (Å²) >= 11 is 1.68. The van der Waals surface area contributed by atoms with E-state index in [1.165, 1.54) is 9.78 Å². The number of carbonyl (C=O) groups is 1. The van der Waals surface area contributed by atoms with Crippen molar-refractivity contribution in [2.24, 2.45) is 0 Å². The zero-order valence-electron chi connectivity index (χ0n) is 10.3. The Hall–Kier alpha value is -1.95. The minimum atomic E-state index is -0.146. The fraction of sp³-hybridized carbons (Fsp3) is 0.250. The molecule has 0 aliphatic carbocycles. The molecule has 0 aromatic carbocycles. The van der Waals surface area contributed by atoms with Crippen molar-refractivity contribution in [3.63, 3.8) is 0 Å². The Morgan fingerprint density at radius 3 is 2.72 bits per heavy atom. The van der Waals surface area contributed by atoms with Gasteiger partial charge in [0, 0.05) is 19.0 Å². The molecule has 0 unspecified atom stereocenters. The van der Waals surface area contributed by atoms with E-state index in [-0.39, 0.29) is 5.91 Å². The molecule has 0 saturated carbocycles. The second-order valence-corrected chi connectivity index (χ2v) is 4.97. The van der Waals surface area contributed by atoms with Gasteiger partial charge in [0.1, 0.15) is 5.82 Å². The van der Waals surface area contributed by atoms with E-state index in [1.54, 1.807) is 37.6 Å². The molecule has 2 rings (SSSR count). The lowest BCUT2D eigenvalue weighted by Crippen LogP contribution is -2.23. The average molecular weight is 262 g/mol. The number of nitrogens with zero attached hydrogens (tertiary/aromatic N) is 3. The fourth-order valence-electron chi connectivity index (χ4n) is 1.36. The number of anilines is 1. The Bertz CT molecular complexity index is 507. The molecule has 1 N–H and O–H groups in total. The third-order valence-corrected chi connectivity index (χ3v) is 3.19. The number of nitrogens with one attached hydrogen (secondary N) is 1. The van der Waals surface area contributed by atoms with Crippen LogP contribution in [0.25, 0.3) is 0 Å². The molecule has 18 heavy (non-hydrogen) atoms. The second kappa shape index (κ2) is 5.59. The van der Waals surface area contributed by atoms with Gasteiger partial charge in [-0.25, -0.2) is 0 Å². The molecule has 0 aliphatic rings. The van der Waals surface area contributed by atoms with Crippen LogP contribution in [0.1, 0.15) is 15.4 Å². The van der Waals surface area contributed by atoms with E-state index < -0.39 is 0 Å². The molecule has 5 nitrogen and oxygen atoms in total. The maximum absolute atomic E-state index is 11.6. The van der Waals surface area contributed by atoms with Gasteiger partial charge in [0.15, 0.2) is 5.69 Å². The lowest BCUT2D eigenvalue weighted by molar-refractivity contribution is 0.0821. The van der Waals surface area contributed by atoms with Gasteiger partial charge >= 0.3 is 0 Å². The van der Waals surface area contributed by atoms with Gasteiger partial charge in [-0.05, 0) is 23.6 Å². The van der Waals surface area contributed by atoms with Gasteiger partial charge < -0.3 is 10.2 Å². The molecule has 0 radical (unpaired) electrons. The SMILES string of the molecule is CN(C)C(=O)c1ccc(NCc2cccs2)nn1. The van der Waals surface area contributed by atoms with Crippen molar-refractivity contribution in [1.29, 1.82) is 0 Å². The lowest BCUT2D eigenvalue weighted by atomic mass is 10.3. The Labute approximate surface area is 109 Å². The van der Waals surface area contributed by atoms with E-state index in [2.05, 4.69) is 21.6 Å². The zero-order valence-corrected chi connectivity index (χ0v) is 11.1. The molecule has 2 heterocycles. The van der Waals surface area contributed by atoms with Crippen molar-refractivity contribution in [3.8, 4) is 0 Å². The normalized spacial score (nSPS) is 10.1. The Kier molecular flexibility index (Phi) is 3.88. The first-order valence-corrected chi connectivity index (χ1v) is 6.36. The highest BCUT2D eigenvalue weighted by Crippen LogP contribution is 2.11. The Morgan fingerprint density at radius 1 is 1.33 bits per heavy atom. The first-order valence-electron chi connectivity index (χ1n) is 5.48. The summed E-state index contributed by atoms with van der Waals surface area (Å²) in [6, 6.07) is 7.49. The molecule has 94 valence electrons. The van der Waals surface area contributed by atoms with Gasteiger partial charge in [0.05, 0.1) is 6.54 Å². The van der Waals surface area contributed by atoms with Crippen LogP contribution in [0.4, 0.5) is 5.82 Å². The highest BCUT2D eigenvalue weighted by molar-refractivity contribution is 7.09. The van der Waals surface area contributed by atoms with Crippen LogP contribution in [0.3, 0.4) is 0 Å². The minimum absolute atomic E-state index is 0.146. The summed E-state index contributed by atoms with van der Waals surface area (Å²) in [6.45, 7) is 0.716. The monoisotopic (exact) mass is 262 g/mol. The highest BCUT2D eigenvalue weighted by atomic mass is 32.1. The van der Waals surface area contributed by atoms with Crippen LogP contribution in [-0.4, -0.2) is 35.1 Å². The van der Waals surface area contributed by atoms with Crippen molar-refractivity contribution >= 4 is 23.1 Å². The van der Waals surface area contributed by atoms with E-state index in [0.717, 1.165) is 0 Å². The van der Waals surface area contributed by atoms with Crippen LogP contribution in [-0.2, 0) is 6.54 Å².